The van der Waals surface area contributed by atoms with Gasteiger partial charge in [0.25, 0.3) is 0 Å². The number of carbonyl (C=O) groups is 1. The third kappa shape index (κ3) is 4.48. The molecular formula is C12H20N2O4S. The Morgan fingerprint density at radius 1 is 1.37 bits per heavy atom. The third-order valence-electron chi connectivity index (χ3n) is 2.70. The minimum Gasteiger partial charge on any atom is -0.385 e. The lowest BCUT2D eigenvalue weighted by molar-refractivity contribution is -0.119. The molecule has 0 spiro atoms. The van der Waals surface area contributed by atoms with Gasteiger partial charge >= 0.3 is 0 Å². The van der Waals surface area contributed by atoms with Crippen molar-refractivity contribution in [3.05, 3.63) is 29.8 Å². The lowest BCUT2D eigenvalue weighted by atomic mass is 10.1. The van der Waals surface area contributed by atoms with E-state index < -0.39 is 22.5 Å². The first-order valence-corrected chi connectivity index (χ1v) is 7.50. The van der Waals surface area contributed by atoms with Crippen LogP contribution in [-0.2, 0) is 9.53 Å². The smallest absolute Gasteiger partial charge is 0.238 e. The number of benzene rings is 1. The SMILES string of the molecule is COCCCS(O)(O)c1ccc(C(N)C(N)=O)cc1. The first-order valence-electron chi connectivity index (χ1n) is 5.78. The van der Waals surface area contributed by atoms with Crippen molar-refractivity contribution in [3.63, 3.8) is 0 Å². The lowest BCUT2D eigenvalue weighted by Crippen LogP contribution is -2.28. The van der Waals surface area contributed by atoms with E-state index in [-0.39, 0.29) is 5.75 Å². The molecule has 1 amide bonds. The van der Waals surface area contributed by atoms with Crippen molar-refractivity contribution in [1.29, 1.82) is 0 Å². The van der Waals surface area contributed by atoms with Crippen LogP contribution in [0.5, 0.6) is 0 Å². The molecule has 108 valence electrons. The van der Waals surface area contributed by atoms with Gasteiger partial charge in [0.05, 0.1) is 4.90 Å². The summed E-state index contributed by atoms with van der Waals surface area (Å²) in [6, 6.07) is 5.38. The second-order valence-electron chi connectivity index (χ2n) is 4.17. The molecular weight excluding hydrogens is 268 g/mol. The zero-order chi connectivity index (χ0) is 14.5. The molecule has 0 heterocycles. The summed E-state index contributed by atoms with van der Waals surface area (Å²) in [5, 5.41) is 0. The molecule has 1 aromatic carbocycles. The van der Waals surface area contributed by atoms with Crippen molar-refractivity contribution in [2.75, 3.05) is 19.5 Å². The molecule has 1 unspecified atom stereocenters. The van der Waals surface area contributed by atoms with Crippen LogP contribution in [0.25, 0.3) is 0 Å². The Hall–Kier alpha value is -1.12. The van der Waals surface area contributed by atoms with E-state index in [4.69, 9.17) is 16.2 Å². The first-order chi connectivity index (χ1) is 8.88. The van der Waals surface area contributed by atoms with Crippen LogP contribution in [-0.4, -0.2) is 34.5 Å². The Bertz CT molecular complexity index is 422. The number of amides is 1. The van der Waals surface area contributed by atoms with Crippen LogP contribution in [0.2, 0.25) is 0 Å². The van der Waals surface area contributed by atoms with Gasteiger partial charge in [0.1, 0.15) is 6.04 Å². The summed E-state index contributed by atoms with van der Waals surface area (Å²) in [5.41, 5.74) is 11.2. The molecule has 0 saturated heterocycles. The lowest BCUT2D eigenvalue weighted by Gasteiger charge is -2.32. The van der Waals surface area contributed by atoms with Gasteiger partial charge in [-0.3, -0.25) is 13.9 Å². The van der Waals surface area contributed by atoms with E-state index in [9.17, 15) is 13.9 Å². The molecule has 1 atom stereocenters. The molecule has 0 aromatic heterocycles. The average molecular weight is 288 g/mol. The second-order valence-corrected chi connectivity index (χ2v) is 6.38. The van der Waals surface area contributed by atoms with Crippen molar-refractivity contribution in [3.8, 4) is 0 Å². The topological polar surface area (TPSA) is 119 Å². The predicted octanol–water partition coefficient (Wildman–Crippen LogP) is 1.32. The molecule has 0 radical (unpaired) electrons. The van der Waals surface area contributed by atoms with E-state index in [2.05, 4.69) is 0 Å². The van der Waals surface area contributed by atoms with Gasteiger partial charge < -0.3 is 16.2 Å². The van der Waals surface area contributed by atoms with E-state index in [1.165, 1.54) is 0 Å². The fourth-order valence-corrected chi connectivity index (χ4v) is 2.91. The standard InChI is InChI=1S/C12H20N2O4S/c1-18-7-2-8-19(16,17)10-5-3-9(4-6-10)11(13)12(14)15/h3-6,11,16-17H,2,7-8,13H2,1H3,(H2,14,15). The highest BCUT2D eigenvalue weighted by atomic mass is 32.3. The zero-order valence-electron chi connectivity index (χ0n) is 10.8. The summed E-state index contributed by atoms with van der Waals surface area (Å²) >= 11 is 0. The van der Waals surface area contributed by atoms with Crippen LogP contribution in [0.1, 0.15) is 18.0 Å². The van der Waals surface area contributed by atoms with Crippen LogP contribution in [0.3, 0.4) is 0 Å². The molecule has 0 aliphatic heterocycles. The van der Waals surface area contributed by atoms with E-state index in [0.717, 1.165) is 0 Å². The molecule has 0 aliphatic rings. The Labute approximate surface area is 114 Å². The normalized spacial score (nSPS) is 14.1. The van der Waals surface area contributed by atoms with Gasteiger partial charge in [0.2, 0.25) is 5.91 Å². The van der Waals surface area contributed by atoms with Crippen LogP contribution >= 0.6 is 10.6 Å². The molecule has 1 aromatic rings. The Morgan fingerprint density at radius 2 is 1.95 bits per heavy atom. The molecule has 0 fully saturated rings. The molecule has 6 nitrogen and oxygen atoms in total. The minimum absolute atomic E-state index is 0.238. The van der Waals surface area contributed by atoms with Crippen molar-refractivity contribution >= 4 is 16.5 Å². The maximum Gasteiger partial charge on any atom is 0.238 e. The molecule has 1 rings (SSSR count). The van der Waals surface area contributed by atoms with Crippen molar-refractivity contribution < 1.29 is 18.6 Å². The molecule has 6 N–H and O–H groups in total. The molecule has 0 aliphatic carbocycles. The van der Waals surface area contributed by atoms with Crippen LogP contribution in [0.4, 0.5) is 0 Å². The monoisotopic (exact) mass is 288 g/mol. The van der Waals surface area contributed by atoms with E-state index in [1.54, 1.807) is 31.4 Å². The summed E-state index contributed by atoms with van der Waals surface area (Å²) in [7, 11) is -1.27. The zero-order valence-corrected chi connectivity index (χ0v) is 11.6. The fraction of sp³-hybridized carbons (Fsp3) is 0.417. The number of rotatable bonds is 7. The maximum absolute atomic E-state index is 10.9. The summed E-state index contributed by atoms with van der Waals surface area (Å²) in [6.45, 7) is 0.473. The highest BCUT2D eigenvalue weighted by Crippen LogP contribution is 2.48. The van der Waals surface area contributed by atoms with Crippen molar-refractivity contribution in [2.45, 2.75) is 17.4 Å². The number of ether oxygens (including phenoxy) is 1. The summed E-state index contributed by atoms with van der Waals surface area (Å²) in [5.74, 6) is -0.387. The van der Waals surface area contributed by atoms with Gasteiger partial charge in [-0.25, -0.2) is 0 Å². The van der Waals surface area contributed by atoms with Crippen LogP contribution < -0.4 is 11.5 Å². The number of nitrogens with two attached hydrogens (primary N) is 2. The largest absolute Gasteiger partial charge is 0.385 e. The van der Waals surface area contributed by atoms with Gasteiger partial charge in [-0.2, -0.15) is 10.6 Å². The third-order valence-corrected chi connectivity index (χ3v) is 4.59. The molecule has 0 saturated carbocycles. The van der Waals surface area contributed by atoms with Crippen LogP contribution in [0.15, 0.2) is 29.2 Å². The second kappa shape index (κ2) is 6.88. The minimum atomic E-state index is -2.83. The van der Waals surface area contributed by atoms with E-state index in [0.29, 0.717) is 23.5 Å². The number of carbonyl (C=O) groups excluding carboxylic acids is 1. The average Bonchev–Trinajstić information content (AvgIpc) is 2.38. The highest BCUT2D eigenvalue weighted by molar-refractivity contribution is 8.24. The summed E-state index contributed by atoms with van der Waals surface area (Å²) < 4.78 is 24.9. The fourth-order valence-electron chi connectivity index (χ4n) is 1.58. The highest BCUT2D eigenvalue weighted by Gasteiger charge is 2.17. The predicted molar refractivity (Wildman–Crippen MR) is 75.0 cm³/mol. The van der Waals surface area contributed by atoms with Gasteiger partial charge in [-0.1, -0.05) is 12.1 Å². The summed E-state index contributed by atoms with van der Waals surface area (Å²) in [6.07, 6.45) is 0.557. The van der Waals surface area contributed by atoms with Gasteiger partial charge in [0.15, 0.2) is 0 Å². The van der Waals surface area contributed by atoms with Gasteiger partial charge in [-0.15, -0.1) is 0 Å². The maximum atomic E-state index is 10.9. The number of methoxy groups -OCH3 is 1. The number of hydrogen-bond donors (Lipinski definition) is 4. The van der Waals surface area contributed by atoms with Crippen molar-refractivity contribution in [1.82, 2.24) is 0 Å². The molecule has 7 heteroatoms. The first kappa shape index (κ1) is 15.9. The Morgan fingerprint density at radius 3 is 2.42 bits per heavy atom. The van der Waals surface area contributed by atoms with Crippen molar-refractivity contribution in [2.24, 2.45) is 11.5 Å². The van der Waals surface area contributed by atoms with Gasteiger partial charge in [-0.05, 0) is 24.1 Å². The van der Waals surface area contributed by atoms with E-state index >= 15 is 0 Å². The molecule has 19 heavy (non-hydrogen) atoms. The van der Waals surface area contributed by atoms with E-state index in [1.807, 2.05) is 0 Å². The Kier molecular flexibility index (Phi) is 5.77. The quantitative estimate of drug-likeness (QED) is 0.564. The van der Waals surface area contributed by atoms with Crippen LogP contribution in [0, 0.1) is 0 Å². The number of hydrogen-bond acceptors (Lipinski definition) is 5. The summed E-state index contributed by atoms with van der Waals surface area (Å²) in [4.78, 5) is 11.4. The Balaban J connectivity index is 2.77. The van der Waals surface area contributed by atoms with Gasteiger partial charge in [0, 0.05) is 19.5 Å². The molecule has 0 bridgehead atoms. The number of primary amides is 1.